The van der Waals surface area contributed by atoms with Gasteiger partial charge in [0.2, 0.25) is 0 Å². The van der Waals surface area contributed by atoms with Gasteiger partial charge in [-0.15, -0.1) is 11.3 Å². The van der Waals surface area contributed by atoms with Crippen LogP contribution in [0, 0.1) is 0 Å². The molecule has 1 aromatic carbocycles. The van der Waals surface area contributed by atoms with Crippen LogP contribution in [0.5, 0.6) is 0 Å². The van der Waals surface area contributed by atoms with E-state index in [2.05, 4.69) is 20.8 Å². The molecule has 4 rings (SSSR count). The standard InChI is InChI=1S/C20H20N4O2S/c25-19(16-12-21-14-8-5-6-9-15(14)22-16)23-24-20(26)18-11-13-7-3-1-2-4-10-17(13)27-18/h5-6,8-9,11-12H,1-4,7,10H2,(H,23,25)(H,24,26). The zero-order valence-electron chi connectivity index (χ0n) is 14.8. The number of hydrogen-bond acceptors (Lipinski definition) is 5. The molecule has 1 aliphatic rings. The summed E-state index contributed by atoms with van der Waals surface area (Å²) < 4.78 is 0. The molecule has 27 heavy (non-hydrogen) atoms. The van der Waals surface area contributed by atoms with Crippen molar-refractivity contribution in [2.24, 2.45) is 0 Å². The molecule has 138 valence electrons. The van der Waals surface area contributed by atoms with Gasteiger partial charge in [0.25, 0.3) is 11.8 Å². The molecule has 6 nitrogen and oxygen atoms in total. The highest BCUT2D eigenvalue weighted by Crippen LogP contribution is 2.28. The molecule has 2 N–H and O–H groups in total. The van der Waals surface area contributed by atoms with E-state index in [1.165, 1.54) is 53.7 Å². The van der Waals surface area contributed by atoms with Gasteiger partial charge >= 0.3 is 0 Å². The average Bonchev–Trinajstić information content (AvgIpc) is 3.07. The second-order valence-electron chi connectivity index (χ2n) is 6.63. The number of carbonyl (C=O) groups excluding carboxylic acids is 2. The van der Waals surface area contributed by atoms with Crippen LogP contribution in [-0.2, 0) is 12.8 Å². The Labute approximate surface area is 161 Å². The van der Waals surface area contributed by atoms with E-state index >= 15 is 0 Å². The van der Waals surface area contributed by atoms with E-state index in [-0.39, 0.29) is 11.6 Å². The smallest absolute Gasteiger partial charge is 0.266 e. The quantitative estimate of drug-likeness (QED) is 0.667. The molecule has 3 aromatic rings. The van der Waals surface area contributed by atoms with Crippen molar-refractivity contribution in [1.29, 1.82) is 0 Å². The summed E-state index contributed by atoms with van der Waals surface area (Å²) in [5.74, 6) is -0.787. The van der Waals surface area contributed by atoms with Gasteiger partial charge in [0, 0.05) is 4.88 Å². The van der Waals surface area contributed by atoms with Gasteiger partial charge in [-0.2, -0.15) is 0 Å². The van der Waals surface area contributed by atoms with Crippen LogP contribution >= 0.6 is 11.3 Å². The number of hydrogen-bond donors (Lipinski definition) is 2. The summed E-state index contributed by atoms with van der Waals surface area (Å²) in [6.07, 6.45) is 8.31. The lowest BCUT2D eigenvalue weighted by Gasteiger charge is -2.07. The highest BCUT2D eigenvalue weighted by molar-refractivity contribution is 7.14. The Hall–Kier alpha value is -2.80. The Morgan fingerprint density at radius 3 is 2.52 bits per heavy atom. The molecule has 0 spiro atoms. The van der Waals surface area contributed by atoms with Crippen molar-refractivity contribution in [3.63, 3.8) is 0 Å². The monoisotopic (exact) mass is 380 g/mol. The molecule has 0 atom stereocenters. The number of carbonyl (C=O) groups is 2. The molecule has 1 aliphatic carbocycles. The fraction of sp³-hybridized carbons (Fsp3) is 0.300. The highest BCUT2D eigenvalue weighted by atomic mass is 32.1. The molecular formula is C20H20N4O2S. The molecule has 2 aromatic heterocycles. The second kappa shape index (κ2) is 7.84. The Morgan fingerprint density at radius 2 is 1.67 bits per heavy atom. The third kappa shape index (κ3) is 3.98. The number of amides is 2. The van der Waals surface area contributed by atoms with Crippen molar-refractivity contribution in [1.82, 2.24) is 20.8 Å². The Kier molecular flexibility index (Phi) is 5.11. The fourth-order valence-corrected chi connectivity index (χ4v) is 4.41. The van der Waals surface area contributed by atoms with Crippen molar-refractivity contribution in [2.75, 3.05) is 0 Å². The molecule has 0 fully saturated rings. The Morgan fingerprint density at radius 1 is 0.926 bits per heavy atom. The maximum atomic E-state index is 12.4. The third-order valence-corrected chi connectivity index (χ3v) is 5.93. The summed E-state index contributed by atoms with van der Waals surface area (Å²) >= 11 is 1.52. The van der Waals surface area contributed by atoms with Crippen LogP contribution in [0.1, 0.15) is 56.3 Å². The molecule has 0 unspecified atom stereocenters. The predicted molar refractivity (Wildman–Crippen MR) is 105 cm³/mol. The van der Waals surface area contributed by atoms with Gasteiger partial charge in [0.15, 0.2) is 0 Å². The molecule has 0 saturated heterocycles. The molecule has 2 heterocycles. The van der Waals surface area contributed by atoms with Crippen LogP contribution in [-0.4, -0.2) is 21.8 Å². The summed E-state index contributed by atoms with van der Waals surface area (Å²) in [6, 6.07) is 9.28. The van der Waals surface area contributed by atoms with Crippen molar-refractivity contribution >= 4 is 34.2 Å². The Balaban J connectivity index is 1.42. The van der Waals surface area contributed by atoms with E-state index in [0.717, 1.165) is 12.8 Å². The number of nitrogens with zero attached hydrogens (tertiary/aromatic N) is 2. The van der Waals surface area contributed by atoms with Crippen LogP contribution in [0.4, 0.5) is 0 Å². The van der Waals surface area contributed by atoms with Crippen molar-refractivity contribution < 1.29 is 9.59 Å². The topological polar surface area (TPSA) is 84.0 Å². The number of thiophene rings is 1. The average molecular weight is 380 g/mol. The first kappa shape index (κ1) is 17.6. The van der Waals surface area contributed by atoms with E-state index in [4.69, 9.17) is 0 Å². The largest absolute Gasteiger partial charge is 0.289 e. The molecule has 0 aliphatic heterocycles. The van der Waals surface area contributed by atoms with Crippen molar-refractivity contribution in [3.05, 3.63) is 57.5 Å². The van der Waals surface area contributed by atoms with Gasteiger partial charge < -0.3 is 0 Å². The summed E-state index contributed by atoms with van der Waals surface area (Å²) in [5, 5.41) is 0. The maximum Gasteiger partial charge on any atom is 0.289 e. The predicted octanol–water partition coefficient (Wildman–Crippen LogP) is 3.43. The number of fused-ring (bicyclic) bond motifs is 2. The number of aromatic nitrogens is 2. The van der Waals surface area contributed by atoms with E-state index in [1.54, 1.807) is 6.07 Å². The molecular weight excluding hydrogens is 360 g/mol. The summed E-state index contributed by atoms with van der Waals surface area (Å²) in [4.78, 5) is 35.1. The van der Waals surface area contributed by atoms with Gasteiger partial charge in [-0.25, -0.2) is 4.98 Å². The second-order valence-corrected chi connectivity index (χ2v) is 7.76. The van der Waals surface area contributed by atoms with Crippen LogP contribution in [0.3, 0.4) is 0 Å². The zero-order valence-corrected chi connectivity index (χ0v) is 15.6. The first-order valence-electron chi connectivity index (χ1n) is 9.15. The van der Waals surface area contributed by atoms with E-state index in [0.29, 0.717) is 15.9 Å². The minimum absolute atomic E-state index is 0.160. The SMILES string of the molecule is O=C(NNC(=O)c1cc2c(s1)CCCCCC2)c1cnc2ccccc2n1. The van der Waals surface area contributed by atoms with Gasteiger partial charge in [0.05, 0.1) is 22.1 Å². The number of hydrazine groups is 1. The molecule has 0 radical (unpaired) electrons. The third-order valence-electron chi connectivity index (χ3n) is 4.69. The van der Waals surface area contributed by atoms with Crippen molar-refractivity contribution in [3.8, 4) is 0 Å². The van der Waals surface area contributed by atoms with E-state index < -0.39 is 5.91 Å². The summed E-state index contributed by atoms with van der Waals surface area (Å²) in [6.45, 7) is 0. The number of nitrogens with one attached hydrogen (secondary N) is 2. The normalized spacial score (nSPS) is 14.1. The van der Waals surface area contributed by atoms with Crippen LogP contribution < -0.4 is 10.9 Å². The highest BCUT2D eigenvalue weighted by Gasteiger charge is 2.17. The maximum absolute atomic E-state index is 12.4. The van der Waals surface area contributed by atoms with Crippen LogP contribution in [0.15, 0.2) is 36.5 Å². The minimum atomic E-state index is -0.489. The first-order valence-corrected chi connectivity index (χ1v) is 9.96. The minimum Gasteiger partial charge on any atom is -0.266 e. The van der Waals surface area contributed by atoms with Gasteiger partial charge in [-0.05, 0) is 49.4 Å². The van der Waals surface area contributed by atoms with Gasteiger partial charge in [0.1, 0.15) is 5.69 Å². The van der Waals surface area contributed by atoms with E-state index in [9.17, 15) is 9.59 Å². The number of para-hydroxylation sites is 2. The van der Waals surface area contributed by atoms with Crippen LogP contribution in [0.2, 0.25) is 0 Å². The summed E-state index contributed by atoms with van der Waals surface area (Å²) in [7, 11) is 0. The lowest BCUT2D eigenvalue weighted by atomic mass is 10.00. The van der Waals surface area contributed by atoms with Gasteiger partial charge in [-0.3, -0.25) is 25.4 Å². The lowest BCUT2D eigenvalue weighted by molar-refractivity contribution is 0.0846. The van der Waals surface area contributed by atoms with Crippen molar-refractivity contribution in [2.45, 2.75) is 38.5 Å². The number of benzene rings is 1. The molecule has 2 amide bonds. The molecule has 0 saturated carbocycles. The first-order chi connectivity index (χ1) is 13.2. The molecule has 0 bridgehead atoms. The summed E-state index contributed by atoms with van der Waals surface area (Å²) in [5.41, 5.74) is 7.71. The number of aryl methyl sites for hydroxylation is 2. The molecule has 7 heteroatoms. The Bertz CT molecular complexity index is 973. The zero-order chi connectivity index (χ0) is 18.6. The van der Waals surface area contributed by atoms with E-state index in [1.807, 2.05) is 24.3 Å². The lowest BCUT2D eigenvalue weighted by Crippen LogP contribution is -2.41. The van der Waals surface area contributed by atoms with Crippen LogP contribution in [0.25, 0.3) is 11.0 Å². The fourth-order valence-electron chi connectivity index (χ4n) is 3.26. The van der Waals surface area contributed by atoms with Gasteiger partial charge in [-0.1, -0.05) is 25.0 Å². The number of rotatable bonds is 2.